The average molecular weight is 315 g/mol. The van der Waals surface area contributed by atoms with Gasteiger partial charge in [0.25, 0.3) is 5.56 Å². The summed E-state index contributed by atoms with van der Waals surface area (Å²) in [5.41, 5.74) is 2.48. The smallest absolute Gasteiger partial charge is 0.265 e. The maximum atomic E-state index is 11.7. The Morgan fingerprint density at radius 1 is 1.53 bits per heavy atom. The highest BCUT2D eigenvalue weighted by atomic mass is 79.9. The molecule has 2 rings (SSSR count). The van der Waals surface area contributed by atoms with Crippen LogP contribution in [0.4, 0.5) is 0 Å². The van der Waals surface area contributed by atoms with Gasteiger partial charge in [-0.1, -0.05) is 0 Å². The number of ether oxygens (including phenoxy) is 1. The van der Waals surface area contributed by atoms with E-state index >= 15 is 0 Å². The van der Waals surface area contributed by atoms with Crippen LogP contribution in [0.2, 0.25) is 0 Å². The number of H-pyrrole nitrogens is 1. The maximum absolute atomic E-state index is 11.7. The number of methoxy groups -OCH3 is 1. The summed E-state index contributed by atoms with van der Waals surface area (Å²) in [5, 5.41) is 3.99. The number of nitrogens with one attached hydrogen (secondary N) is 1. The summed E-state index contributed by atoms with van der Waals surface area (Å²) >= 11 is 4.80. The van der Waals surface area contributed by atoms with E-state index in [9.17, 15) is 4.79 Å². The third-order valence-electron chi connectivity index (χ3n) is 2.32. The highest BCUT2D eigenvalue weighted by Gasteiger charge is 2.11. The van der Waals surface area contributed by atoms with Gasteiger partial charge in [-0.3, -0.25) is 4.79 Å². The van der Waals surface area contributed by atoms with E-state index in [1.54, 1.807) is 18.4 Å². The van der Waals surface area contributed by atoms with Crippen LogP contribution in [-0.2, 0) is 11.3 Å². The number of aryl methyl sites for hydroxylation is 1. The molecule has 0 bridgehead atoms. The molecule has 2 aromatic heterocycles. The second-order valence-corrected chi connectivity index (χ2v) is 5.11. The van der Waals surface area contributed by atoms with Crippen molar-refractivity contribution in [3.8, 4) is 11.4 Å². The lowest BCUT2D eigenvalue weighted by atomic mass is 10.2. The molecule has 0 aliphatic carbocycles. The fraction of sp³-hybridized carbons (Fsp3) is 0.273. The van der Waals surface area contributed by atoms with Crippen molar-refractivity contribution in [1.29, 1.82) is 0 Å². The standard InChI is InChI=1S/C11H11BrN2O2S/c1-6-4-17-5-7(6)10-13-8(3-16-2)9(12)11(15)14-10/h4-5H,3H2,1-2H3,(H,13,14,15). The average Bonchev–Trinajstić information content (AvgIpc) is 2.71. The Bertz CT molecular complexity index is 591. The largest absolute Gasteiger partial charge is 0.378 e. The zero-order valence-electron chi connectivity index (χ0n) is 9.41. The molecule has 0 amide bonds. The molecule has 0 fully saturated rings. The van der Waals surface area contributed by atoms with Crippen LogP contribution >= 0.6 is 27.3 Å². The second kappa shape index (κ2) is 5.12. The van der Waals surface area contributed by atoms with E-state index in [1.807, 2.05) is 17.7 Å². The Kier molecular flexibility index (Phi) is 3.76. The van der Waals surface area contributed by atoms with E-state index in [0.29, 0.717) is 22.6 Å². The quantitative estimate of drug-likeness (QED) is 0.947. The van der Waals surface area contributed by atoms with Crippen molar-refractivity contribution < 1.29 is 4.74 Å². The topological polar surface area (TPSA) is 55.0 Å². The van der Waals surface area contributed by atoms with Crippen LogP contribution < -0.4 is 5.56 Å². The maximum Gasteiger partial charge on any atom is 0.265 e. The minimum atomic E-state index is -0.187. The summed E-state index contributed by atoms with van der Waals surface area (Å²) in [7, 11) is 1.57. The van der Waals surface area contributed by atoms with Crippen molar-refractivity contribution in [2.24, 2.45) is 0 Å². The summed E-state index contributed by atoms with van der Waals surface area (Å²) in [6.45, 7) is 2.30. The van der Waals surface area contributed by atoms with E-state index in [4.69, 9.17) is 4.74 Å². The predicted octanol–water partition coefficient (Wildman–Crippen LogP) is 2.72. The summed E-state index contributed by atoms with van der Waals surface area (Å²) in [5.74, 6) is 0.587. The highest BCUT2D eigenvalue weighted by molar-refractivity contribution is 9.10. The van der Waals surface area contributed by atoms with Gasteiger partial charge in [0.2, 0.25) is 0 Å². The zero-order chi connectivity index (χ0) is 12.4. The fourth-order valence-corrected chi connectivity index (χ4v) is 2.60. The van der Waals surface area contributed by atoms with Crippen molar-refractivity contribution in [3.05, 3.63) is 36.8 Å². The summed E-state index contributed by atoms with van der Waals surface area (Å²) < 4.78 is 5.45. The number of halogens is 1. The Morgan fingerprint density at radius 3 is 2.88 bits per heavy atom. The molecule has 2 heterocycles. The Labute approximate surface area is 111 Å². The second-order valence-electron chi connectivity index (χ2n) is 3.58. The number of hydrogen-bond donors (Lipinski definition) is 1. The first-order valence-corrected chi connectivity index (χ1v) is 6.68. The molecule has 0 aromatic carbocycles. The molecule has 90 valence electrons. The Hall–Kier alpha value is -0.980. The van der Waals surface area contributed by atoms with E-state index in [2.05, 4.69) is 25.9 Å². The first-order chi connectivity index (χ1) is 8.13. The number of thiophene rings is 1. The Balaban J connectivity index is 2.57. The number of aromatic nitrogens is 2. The molecule has 0 spiro atoms. The molecule has 0 saturated heterocycles. The van der Waals surface area contributed by atoms with Crippen molar-refractivity contribution in [2.45, 2.75) is 13.5 Å². The van der Waals surface area contributed by atoms with Crippen LogP contribution in [0.5, 0.6) is 0 Å². The predicted molar refractivity (Wildman–Crippen MR) is 71.3 cm³/mol. The lowest BCUT2D eigenvalue weighted by molar-refractivity contribution is 0.180. The molecule has 4 nitrogen and oxygen atoms in total. The van der Waals surface area contributed by atoms with E-state index in [1.165, 1.54) is 0 Å². The van der Waals surface area contributed by atoms with Gasteiger partial charge in [0.05, 0.1) is 12.3 Å². The number of aromatic amines is 1. The zero-order valence-corrected chi connectivity index (χ0v) is 11.8. The van der Waals surface area contributed by atoms with Gasteiger partial charge in [-0.15, -0.1) is 0 Å². The summed E-state index contributed by atoms with van der Waals surface area (Å²) in [6.07, 6.45) is 0. The molecule has 0 aliphatic rings. The molecular weight excluding hydrogens is 304 g/mol. The minimum Gasteiger partial charge on any atom is -0.378 e. The van der Waals surface area contributed by atoms with Crippen molar-refractivity contribution >= 4 is 27.3 Å². The van der Waals surface area contributed by atoms with Crippen LogP contribution in [-0.4, -0.2) is 17.1 Å². The highest BCUT2D eigenvalue weighted by Crippen LogP contribution is 2.24. The third kappa shape index (κ3) is 2.48. The van der Waals surface area contributed by atoms with Crippen LogP contribution in [0.25, 0.3) is 11.4 Å². The minimum absolute atomic E-state index is 0.187. The van der Waals surface area contributed by atoms with E-state index < -0.39 is 0 Å². The molecule has 0 radical (unpaired) electrons. The van der Waals surface area contributed by atoms with Crippen LogP contribution in [0.3, 0.4) is 0 Å². The van der Waals surface area contributed by atoms with Gasteiger partial charge in [-0.25, -0.2) is 4.98 Å². The van der Waals surface area contributed by atoms with E-state index in [0.717, 1.165) is 11.1 Å². The first-order valence-electron chi connectivity index (χ1n) is 4.94. The van der Waals surface area contributed by atoms with Gasteiger partial charge >= 0.3 is 0 Å². The van der Waals surface area contributed by atoms with Gasteiger partial charge in [0.1, 0.15) is 10.3 Å². The van der Waals surface area contributed by atoms with Crippen molar-refractivity contribution in [2.75, 3.05) is 7.11 Å². The van der Waals surface area contributed by atoms with E-state index in [-0.39, 0.29) is 5.56 Å². The molecule has 2 aromatic rings. The lowest BCUT2D eigenvalue weighted by Crippen LogP contribution is -2.14. The number of hydrogen-bond acceptors (Lipinski definition) is 4. The van der Waals surface area contributed by atoms with Gasteiger partial charge in [0, 0.05) is 18.1 Å². The summed E-state index contributed by atoms with van der Waals surface area (Å²) in [4.78, 5) is 18.9. The molecule has 6 heteroatoms. The SMILES string of the molecule is COCc1nc(-c2cscc2C)[nH]c(=O)c1Br. The van der Waals surface area contributed by atoms with Crippen LogP contribution in [0.15, 0.2) is 20.0 Å². The fourth-order valence-electron chi connectivity index (χ4n) is 1.47. The van der Waals surface area contributed by atoms with Gasteiger partial charge in [-0.2, -0.15) is 11.3 Å². The van der Waals surface area contributed by atoms with Gasteiger partial charge in [-0.05, 0) is 33.8 Å². The summed E-state index contributed by atoms with van der Waals surface area (Å²) in [6, 6.07) is 0. The monoisotopic (exact) mass is 314 g/mol. The normalized spacial score (nSPS) is 10.8. The molecule has 0 unspecified atom stereocenters. The number of rotatable bonds is 3. The molecule has 17 heavy (non-hydrogen) atoms. The van der Waals surface area contributed by atoms with Gasteiger partial charge < -0.3 is 9.72 Å². The molecule has 0 aliphatic heterocycles. The van der Waals surface area contributed by atoms with Crippen LogP contribution in [0, 0.1) is 6.92 Å². The van der Waals surface area contributed by atoms with Crippen molar-refractivity contribution in [1.82, 2.24) is 9.97 Å². The van der Waals surface area contributed by atoms with Crippen molar-refractivity contribution in [3.63, 3.8) is 0 Å². The molecule has 0 saturated carbocycles. The lowest BCUT2D eigenvalue weighted by Gasteiger charge is -2.05. The Morgan fingerprint density at radius 2 is 2.29 bits per heavy atom. The van der Waals surface area contributed by atoms with Crippen LogP contribution in [0.1, 0.15) is 11.3 Å². The van der Waals surface area contributed by atoms with Gasteiger partial charge in [0.15, 0.2) is 0 Å². The molecule has 1 N–H and O–H groups in total. The molecular formula is C11H11BrN2O2S. The third-order valence-corrected chi connectivity index (χ3v) is 4.00. The number of nitrogens with zero attached hydrogens (tertiary/aromatic N) is 1. The molecule has 0 atom stereocenters. The first kappa shape index (κ1) is 12.5.